The maximum Gasteiger partial charge on any atom is 0.338 e. The molecule has 0 unspecified atom stereocenters. The average Bonchev–Trinajstić information content (AvgIpc) is 2.42. The zero-order valence-corrected chi connectivity index (χ0v) is 11.3. The Morgan fingerprint density at radius 1 is 1.40 bits per heavy atom. The molecule has 0 bridgehead atoms. The van der Waals surface area contributed by atoms with Gasteiger partial charge in [-0.05, 0) is 12.0 Å². The van der Waals surface area contributed by atoms with Crippen molar-refractivity contribution >= 4 is 17.6 Å². The molecule has 0 fully saturated rings. The third-order valence-electron chi connectivity index (χ3n) is 2.33. The Balaban J connectivity index is 2.53. The molecule has 0 radical (unpaired) electrons. The van der Waals surface area contributed by atoms with Crippen LogP contribution in [0, 0.1) is 16.0 Å². The lowest BCUT2D eigenvalue weighted by molar-refractivity contribution is -0.384. The molecule has 1 rings (SSSR count). The van der Waals surface area contributed by atoms with Crippen molar-refractivity contribution in [1.82, 2.24) is 5.32 Å². The van der Waals surface area contributed by atoms with Crippen LogP contribution in [0.1, 0.15) is 24.2 Å². The van der Waals surface area contributed by atoms with E-state index in [9.17, 15) is 19.7 Å². The fraction of sp³-hybridized carbons (Fsp3) is 0.385. The van der Waals surface area contributed by atoms with Crippen LogP contribution in [0.2, 0.25) is 0 Å². The highest BCUT2D eigenvalue weighted by molar-refractivity contribution is 5.91. The van der Waals surface area contributed by atoms with Crippen molar-refractivity contribution in [3.8, 4) is 0 Å². The normalized spacial score (nSPS) is 10.2. The molecule has 0 heterocycles. The Kier molecular flexibility index (Phi) is 5.64. The van der Waals surface area contributed by atoms with E-state index in [2.05, 4.69) is 5.32 Å². The maximum absolute atomic E-state index is 11.6. The van der Waals surface area contributed by atoms with Crippen LogP contribution in [0.5, 0.6) is 0 Å². The van der Waals surface area contributed by atoms with Crippen LogP contribution in [-0.2, 0) is 9.53 Å². The molecule has 108 valence electrons. The summed E-state index contributed by atoms with van der Waals surface area (Å²) < 4.78 is 4.78. The number of hydrogen-bond donors (Lipinski definition) is 1. The summed E-state index contributed by atoms with van der Waals surface area (Å²) >= 11 is 0. The van der Waals surface area contributed by atoms with Crippen LogP contribution in [0.4, 0.5) is 5.69 Å². The zero-order chi connectivity index (χ0) is 15.1. The lowest BCUT2D eigenvalue weighted by Gasteiger charge is -2.08. The summed E-state index contributed by atoms with van der Waals surface area (Å²) in [6.07, 6.45) is 0. The van der Waals surface area contributed by atoms with Crippen LogP contribution < -0.4 is 5.32 Å². The van der Waals surface area contributed by atoms with Crippen LogP contribution in [0.15, 0.2) is 24.3 Å². The molecule has 1 N–H and O–H groups in total. The molecule has 20 heavy (non-hydrogen) atoms. The summed E-state index contributed by atoms with van der Waals surface area (Å²) in [5.41, 5.74) is -0.167. The average molecular weight is 280 g/mol. The van der Waals surface area contributed by atoms with Crippen LogP contribution in [-0.4, -0.2) is 30.0 Å². The molecule has 0 aliphatic carbocycles. The number of ether oxygens (including phenoxy) is 1. The number of benzene rings is 1. The Morgan fingerprint density at radius 2 is 2.10 bits per heavy atom. The number of rotatable bonds is 6. The van der Waals surface area contributed by atoms with E-state index in [0.717, 1.165) is 6.07 Å². The Hall–Kier alpha value is -2.44. The van der Waals surface area contributed by atoms with Crippen molar-refractivity contribution in [2.24, 2.45) is 5.92 Å². The summed E-state index contributed by atoms with van der Waals surface area (Å²) in [6.45, 7) is 3.96. The molecule has 0 spiro atoms. The molecule has 1 amide bonds. The first-order valence-corrected chi connectivity index (χ1v) is 6.08. The van der Waals surface area contributed by atoms with E-state index in [4.69, 9.17) is 4.74 Å². The van der Waals surface area contributed by atoms with Gasteiger partial charge in [0.15, 0.2) is 6.61 Å². The molecule has 1 aromatic rings. The molecule has 7 heteroatoms. The number of esters is 1. The van der Waals surface area contributed by atoms with Gasteiger partial charge in [0.05, 0.1) is 10.5 Å². The van der Waals surface area contributed by atoms with Gasteiger partial charge in [-0.15, -0.1) is 0 Å². The predicted molar refractivity (Wildman–Crippen MR) is 71.2 cm³/mol. The number of amides is 1. The van der Waals surface area contributed by atoms with Crippen molar-refractivity contribution in [2.45, 2.75) is 13.8 Å². The fourth-order valence-corrected chi connectivity index (χ4v) is 1.33. The molecule has 0 aliphatic rings. The second-order valence-electron chi connectivity index (χ2n) is 4.58. The second kappa shape index (κ2) is 7.22. The molecule has 0 saturated carbocycles. The third-order valence-corrected chi connectivity index (χ3v) is 2.33. The first kappa shape index (κ1) is 15.6. The van der Waals surface area contributed by atoms with Crippen molar-refractivity contribution in [3.63, 3.8) is 0 Å². The van der Waals surface area contributed by atoms with E-state index in [-0.39, 0.29) is 11.3 Å². The highest BCUT2D eigenvalue weighted by Crippen LogP contribution is 2.13. The lowest BCUT2D eigenvalue weighted by Crippen LogP contribution is -2.31. The van der Waals surface area contributed by atoms with Crippen LogP contribution in [0.25, 0.3) is 0 Å². The van der Waals surface area contributed by atoms with Gasteiger partial charge >= 0.3 is 5.97 Å². The van der Waals surface area contributed by atoms with E-state index in [1.54, 1.807) is 0 Å². The molecule has 0 saturated heterocycles. The van der Waals surface area contributed by atoms with E-state index in [0.29, 0.717) is 12.5 Å². The Labute approximate surface area is 116 Å². The van der Waals surface area contributed by atoms with E-state index >= 15 is 0 Å². The number of nitro groups is 1. The fourth-order valence-electron chi connectivity index (χ4n) is 1.33. The number of carbonyl (C=O) groups excluding carboxylic acids is 2. The van der Waals surface area contributed by atoms with Crippen LogP contribution in [0.3, 0.4) is 0 Å². The number of carbonyl (C=O) groups is 2. The van der Waals surface area contributed by atoms with Gasteiger partial charge in [0.2, 0.25) is 0 Å². The van der Waals surface area contributed by atoms with Gasteiger partial charge in [-0.3, -0.25) is 14.9 Å². The standard InChI is InChI=1S/C13H16N2O5/c1-9(2)7-14-12(16)8-20-13(17)10-4-3-5-11(6-10)15(18)19/h3-6,9H,7-8H2,1-2H3,(H,14,16). The number of non-ortho nitro benzene ring substituents is 1. The van der Waals surface area contributed by atoms with Gasteiger partial charge in [0.1, 0.15) is 0 Å². The van der Waals surface area contributed by atoms with Gasteiger partial charge in [-0.25, -0.2) is 4.79 Å². The van der Waals surface area contributed by atoms with Gasteiger partial charge in [-0.1, -0.05) is 19.9 Å². The van der Waals surface area contributed by atoms with E-state index in [1.807, 2.05) is 13.8 Å². The number of nitrogens with zero attached hydrogens (tertiary/aromatic N) is 1. The van der Waals surface area contributed by atoms with E-state index < -0.39 is 23.4 Å². The first-order valence-electron chi connectivity index (χ1n) is 6.08. The minimum atomic E-state index is -0.770. The monoisotopic (exact) mass is 280 g/mol. The summed E-state index contributed by atoms with van der Waals surface area (Å²) in [7, 11) is 0. The van der Waals surface area contributed by atoms with Gasteiger partial charge in [0.25, 0.3) is 11.6 Å². The van der Waals surface area contributed by atoms with Crippen molar-refractivity contribution < 1.29 is 19.2 Å². The number of hydrogen-bond acceptors (Lipinski definition) is 5. The minimum absolute atomic E-state index is 0.0378. The lowest BCUT2D eigenvalue weighted by atomic mass is 10.2. The minimum Gasteiger partial charge on any atom is -0.452 e. The molecule has 7 nitrogen and oxygen atoms in total. The molecule has 0 atom stereocenters. The smallest absolute Gasteiger partial charge is 0.338 e. The maximum atomic E-state index is 11.6. The highest BCUT2D eigenvalue weighted by atomic mass is 16.6. The Morgan fingerprint density at radius 3 is 2.70 bits per heavy atom. The van der Waals surface area contributed by atoms with Crippen molar-refractivity contribution in [2.75, 3.05) is 13.2 Å². The van der Waals surface area contributed by atoms with Crippen molar-refractivity contribution in [1.29, 1.82) is 0 Å². The van der Waals surface area contributed by atoms with E-state index in [1.165, 1.54) is 18.2 Å². The second-order valence-corrected chi connectivity index (χ2v) is 4.58. The summed E-state index contributed by atoms with van der Waals surface area (Å²) in [4.78, 5) is 33.0. The molecular formula is C13H16N2O5. The van der Waals surface area contributed by atoms with Crippen molar-refractivity contribution in [3.05, 3.63) is 39.9 Å². The SMILES string of the molecule is CC(C)CNC(=O)COC(=O)c1cccc([N+](=O)[O-])c1. The molecule has 0 aromatic heterocycles. The summed E-state index contributed by atoms with van der Waals surface area (Å²) in [6, 6.07) is 5.15. The summed E-state index contributed by atoms with van der Waals surface area (Å²) in [5.74, 6) is -0.877. The summed E-state index contributed by atoms with van der Waals surface area (Å²) in [5, 5.41) is 13.2. The van der Waals surface area contributed by atoms with Gasteiger partial charge in [-0.2, -0.15) is 0 Å². The third kappa shape index (κ3) is 5.05. The predicted octanol–water partition coefficient (Wildman–Crippen LogP) is 1.52. The van der Waals surface area contributed by atoms with Gasteiger partial charge < -0.3 is 10.1 Å². The molecule has 1 aromatic carbocycles. The van der Waals surface area contributed by atoms with Gasteiger partial charge in [0, 0.05) is 18.7 Å². The highest BCUT2D eigenvalue weighted by Gasteiger charge is 2.14. The first-order chi connectivity index (χ1) is 9.40. The quantitative estimate of drug-likeness (QED) is 0.484. The molecule has 0 aliphatic heterocycles. The number of nitrogens with one attached hydrogen (secondary N) is 1. The largest absolute Gasteiger partial charge is 0.452 e. The molecular weight excluding hydrogens is 264 g/mol. The zero-order valence-electron chi connectivity index (χ0n) is 11.3. The topological polar surface area (TPSA) is 98.5 Å². The number of nitro benzene ring substituents is 1. The van der Waals surface area contributed by atoms with Crippen LogP contribution >= 0.6 is 0 Å². The Bertz CT molecular complexity index is 513.